The first-order chi connectivity index (χ1) is 13.1. The second-order valence-corrected chi connectivity index (χ2v) is 6.84. The lowest BCUT2D eigenvalue weighted by molar-refractivity contribution is -0.271. The van der Waals surface area contributed by atoms with Gasteiger partial charge in [0.1, 0.15) is 30.7 Å². The molecule has 1 heterocycles. The summed E-state index contributed by atoms with van der Waals surface area (Å²) in [6.45, 7) is 1.18. The van der Waals surface area contributed by atoms with Gasteiger partial charge < -0.3 is 40.0 Å². The number of rotatable bonds is 6. The molecular formula is C16H18INO10. The van der Waals surface area contributed by atoms with Crippen molar-refractivity contribution in [2.45, 2.75) is 44.2 Å². The molecule has 0 radical (unpaired) electrons. The summed E-state index contributed by atoms with van der Waals surface area (Å²) < 4.78 is 14.9. The van der Waals surface area contributed by atoms with Crippen molar-refractivity contribution in [3.05, 3.63) is 23.8 Å². The predicted octanol–water partition coefficient (Wildman–Crippen LogP) is -0.0124. The average Bonchev–Trinajstić information content (AvgIpc) is 2.61. The minimum atomic E-state index is -1.85. The Hall–Kier alpha value is -2.00. The van der Waals surface area contributed by atoms with Crippen LogP contribution in [0.15, 0.2) is 18.2 Å². The Morgan fingerprint density at radius 3 is 2.43 bits per heavy atom. The van der Waals surface area contributed by atoms with Gasteiger partial charge in [-0.25, -0.2) is 4.79 Å². The lowest BCUT2D eigenvalue weighted by Crippen LogP contribution is -2.61. The fourth-order valence-corrected chi connectivity index (χ4v) is 2.72. The van der Waals surface area contributed by atoms with Crippen molar-refractivity contribution in [2.75, 3.05) is 5.32 Å². The molecule has 0 spiro atoms. The highest BCUT2D eigenvalue weighted by Crippen LogP contribution is 2.31. The van der Waals surface area contributed by atoms with Gasteiger partial charge in [0.05, 0.1) is 5.69 Å². The number of halogens is 1. The second kappa shape index (κ2) is 9.47. The normalized spacial score (nSPS) is 27.0. The molecule has 1 aromatic rings. The Bertz CT molecular complexity index is 757. The number of carbonyl (C=O) groups excluding carboxylic acids is 2. The summed E-state index contributed by atoms with van der Waals surface area (Å²) in [4.78, 5) is 33.5. The third-order valence-corrected chi connectivity index (χ3v) is 4.04. The van der Waals surface area contributed by atoms with Crippen LogP contribution in [-0.2, 0) is 25.7 Å². The van der Waals surface area contributed by atoms with Gasteiger partial charge in [-0.1, -0.05) is 6.07 Å². The van der Waals surface area contributed by atoms with Gasteiger partial charge in [-0.05, 0) is 17.7 Å². The first-order valence-corrected chi connectivity index (χ1v) is 9.00. The summed E-state index contributed by atoms with van der Waals surface area (Å²) in [5.41, 5.74) is 0.652. The topological polar surface area (TPSA) is 172 Å². The molecule has 5 atom stereocenters. The Morgan fingerprint density at radius 2 is 1.86 bits per heavy atom. The van der Waals surface area contributed by atoms with Crippen LogP contribution < -0.4 is 10.1 Å². The minimum absolute atomic E-state index is 0.00614. The maximum Gasteiger partial charge on any atom is 0.335 e. The van der Waals surface area contributed by atoms with Gasteiger partial charge in [-0.15, -0.1) is 0 Å². The van der Waals surface area contributed by atoms with Gasteiger partial charge in [0, 0.05) is 29.5 Å². The van der Waals surface area contributed by atoms with Crippen molar-refractivity contribution in [1.82, 2.24) is 0 Å². The van der Waals surface area contributed by atoms with E-state index >= 15 is 0 Å². The molecule has 0 aromatic heterocycles. The molecule has 0 unspecified atom stereocenters. The molecule has 1 aromatic carbocycles. The molecule has 12 heteroatoms. The largest absolute Gasteiger partial charge is 0.479 e. The van der Waals surface area contributed by atoms with E-state index in [-0.39, 0.29) is 18.0 Å². The zero-order valence-corrected chi connectivity index (χ0v) is 16.6. The van der Waals surface area contributed by atoms with E-state index in [1.165, 1.54) is 47.7 Å². The first-order valence-electron chi connectivity index (χ1n) is 7.92. The maximum atomic E-state index is 11.4. The van der Waals surface area contributed by atoms with Crippen molar-refractivity contribution in [2.24, 2.45) is 0 Å². The zero-order valence-electron chi connectivity index (χ0n) is 14.4. The molecule has 0 bridgehead atoms. The van der Waals surface area contributed by atoms with Crippen LogP contribution >= 0.6 is 22.6 Å². The number of nitrogens with one attached hydrogen (secondary N) is 1. The van der Waals surface area contributed by atoms with Crippen molar-refractivity contribution < 1.29 is 49.0 Å². The number of amides is 1. The van der Waals surface area contributed by atoms with Gasteiger partial charge in [0.25, 0.3) is 3.91 Å². The minimum Gasteiger partial charge on any atom is -0.479 e. The van der Waals surface area contributed by atoms with E-state index in [4.69, 9.17) is 19.3 Å². The lowest BCUT2D eigenvalue weighted by atomic mass is 9.99. The SMILES string of the molecule is CC(=O)OCc1ccc(O[C@@H]2O[C@H](C(=O)O)[C@@H](O)[C@H](O)[C@H]2O)c(NC(=O)I)c1. The van der Waals surface area contributed by atoms with Gasteiger partial charge in [0.15, 0.2) is 6.10 Å². The zero-order chi connectivity index (χ0) is 21.0. The molecule has 1 aliphatic heterocycles. The first kappa shape index (κ1) is 22.3. The van der Waals surface area contributed by atoms with Gasteiger partial charge >= 0.3 is 11.9 Å². The standard InChI is InChI=1S/C16H18INO10/c1-6(19)26-5-7-2-3-9(8(4-7)18-16(17)25)27-15-12(22)10(20)11(21)13(28-15)14(23)24/h2-4,10-13,15,20-22H,5H2,1H3,(H,18,25)(H,23,24)/t10-,11-,12+,13-,15+/m0/s1. The van der Waals surface area contributed by atoms with Crippen LogP contribution in [0.25, 0.3) is 0 Å². The summed E-state index contributed by atoms with van der Waals surface area (Å²) in [5, 5.41) is 41.2. The van der Waals surface area contributed by atoms with Crippen molar-refractivity contribution in [3.8, 4) is 5.75 Å². The highest BCUT2D eigenvalue weighted by molar-refractivity contribution is 14.1. The summed E-state index contributed by atoms with van der Waals surface area (Å²) >= 11 is 1.48. The summed E-state index contributed by atoms with van der Waals surface area (Å²) in [7, 11) is 0. The van der Waals surface area contributed by atoms with E-state index in [1.807, 2.05) is 0 Å². The number of anilines is 1. The summed E-state index contributed by atoms with van der Waals surface area (Å²) in [5.74, 6) is -2.05. The van der Waals surface area contributed by atoms with E-state index in [0.29, 0.717) is 5.56 Å². The third-order valence-electron chi connectivity index (χ3n) is 3.78. The van der Waals surface area contributed by atoms with Crippen molar-refractivity contribution in [3.63, 3.8) is 0 Å². The molecular weight excluding hydrogens is 493 g/mol. The van der Waals surface area contributed by atoms with Crippen LogP contribution in [0.2, 0.25) is 0 Å². The van der Waals surface area contributed by atoms with Gasteiger partial charge in [-0.3, -0.25) is 9.59 Å². The van der Waals surface area contributed by atoms with Gasteiger partial charge in [0.2, 0.25) is 6.29 Å². The molecule has 11 nitrogen and oxygen atoms in total. The number of hydrogen-bond acceptors (Lipinski definition) is 9. The van der Waals surface area contributed by atoms with Crippen LogP contribution in [0.1, 0.15) is 12.5 Å². The number of carbonyl (C=O) groups is 3. The number of carboxylic acids is 1. The summed E-state index contributed by atoms with van der Waals surface area (Å²) in [6, 6.07) is 4.34. The average molecular weight is 511 g/mol. The maximum absolute atomic E-state index is 11.4. The third kappa shape index (κ3) is 5.51. The number of esters is 1. The molecule has 154 valence electrons. The Balaban J connectivity index is 2.26. The highest BCUT2D eigenvalue weighted by Gasteiger charge is 2.48. The molecule has 1 aliphatic rings. The van der Waals surface area contributed by atoms with Crippen LogP contribution in [0.5, 0.6) is 5.75 Å². The van der Waals surface area contributed by atoms with E-state index in [0.717, 1.165) is 0 Å². The van der Waals surface area contributed by atoms with E-state index in [9.17, 15) is 29.7 Å². The van der Waals surface area contributed by atoms with Crippen LogP contribution in [-0.4, -0.2) is 67.0 Å². The molecule has 1 fully saturated rings. The number of aliphatic hydroxyl groups excluding tert-OH is 3. The van der Waals surface area contributed by atoms with Crippen molar-refractivity contribution in [1.29, 1.82) is 0 Å². The Morgan fingerprint density at radius 1 is 1.18 bits per heavy atom. The van der Waals surface area contributed by atoms with Crippen molar-refractivity contribution >= 4 is 44.1 Å². The molecule has 5 N–H and O–H groups in total. The van der Waals surface area contributed by atoms with Crippen LogP contribution in [0.3, 0.4) is 0 Å². The molecule has 28 heavy (non-hydrogen) atoms. The number of benzene rings is 1. The Kier molecular flexibility index (Phi) is 7.54. The number of carboxylic acid groups (broad SMARTS) is 1. The monoisotopic (exact) mass is 511 g/mol. The number of aliphatic carboxylic acids is 1. The number of hydrogen-bond donors (Lipinski definition) is 5. The number of ether oxygens (including phenoxy) is 3. The van der Waals surface area contributed by atoms with E-state index in [2.05, 4.69) is 5.32 Å². The lowest BCUT2D eigenvalue weighted by Gasteiger charge is -2.38. The molecule has 0 aliphatic carbocycles. The number of aliphatic hydroxyl groups is 3. The van der Waals surface area contributed by atoms with E-state index in [1.54, 1.807) is 0 Å². The van der Waals surface area contributed by atoms with E-state index < -0.39 is 46.6 Å². The van der Waals surface area contributed by atoms with Crippen LogP contribution in [0.4, 0.5) is 10.5 Å². The summed E-state index contributed by atoms with van der Waals surface area (Å²) in [6.07, 6.45) is -8.90. The fraction of sp³-hybridized carbons (Fsp3) is 0.438. The van der Waals surface area contributed by atoms with Gasteiger partial charge in [-0.2, -0.15) is 0 Å². The molecule has 0 saturated carbocycles. The second-order valence-electron chi connectivity index (χ2n) is 5.86. The predicted molar refractivity (Wildman–Crippen MR) is 99.9 cm³/mol. The molecule has 2 rings (SSSR count). The Labute approximate surface area is 172 Å². The smallest absolute Gasteiger partial charge is 0.335 e. The molecule has 1 amide bonds. The molecule has 1 saturated heterocycles. The fourth-order valence-electron chi connectivity index (χ4n) is 2.43. The van der Waals surface area contributed by atoms with Crippen LogP contribution in [0, 0.1) is 0 Å². The highest BCUT2D eigenvalue weighted by atomic mass is 127. The quantitative estimate of drug-likeness (QED) is 0.151.